The number of aryl methyl sites for hydroxylation is 2. The van der Waals surface area contributed by atoms with E-state index in [2.05, 4.69) is 34.0 Å². The van der Waals surface area contributed by atoms with Crippen molar-refractivity contribution in [3.05, 3.63) is 23.3 Å². The second-order valence-corrected chi connectivity index (χ2v) is 5.26. The Bertz CT molecular complexity index is 777. The number of thioether (sulfide) groups is 1. The number of rotatable bonds is 3. The zero-order valence-electron chi connectivity index (χ0n) is 11.8. The molecule has 0 N–H and O–H groups in total. The minimum Gasteiger partial charge on any atom is -0.420 e. The molecule has 0 aliphatic carbocycles. The maximum atomic E-state index is 5.42. The van der Waals surface area contributed by atoms with Gasteiger partial charge in [-0.2, -0.15) is 0 Å². The van der Waals surface area contributed by atoms with Crippen molar-refractivity contribution < 1.29 is 4.42 Å². The van der Waals surface area contributed by atoms with Gasteiger partial charge in [0.2, 0.25) is 11.7 Å². The Morgan fingerprint density at radius 1 is 1.25 bits per heavy atom. The molecule has 3 rings (SSSR count). The molecule has 0 aromatic carbocycles. The summed E-state index contributed by atoms with van der Waals surface area (Å²) in [5, 5.41) is 8.86. The first-order chi connectivity index (χ1) is 9.63. The van der Waals surface area contributed by atoms with Gasteiger partial charge >= 0.3 is 0 Å². The standard InChI is InChI=1S/C13H15N5OS/c1-5-9-7(2)18-6-10(11-17-16-8(3)19-11)14-13(18)15-12(9)20-4/h6H,5H2,1-4H3. The van der Waals surface area contributed by atoms with E-state index in [-0.39, 0.29) is 0 Å². The smallest absolute Gasteiger partial charge is 0.267 e. The van der Waals surface area contributed by atoms with Gasteiger partial charge in [-0.05, 0) is 19.6 Å². The third-order valence-electron chi connectivity index (χ3n) is 3.24. The predicted octanol–water partition coefficient (Wildman–Crippen LogP) is 2.68. The number of hydrogen-bond donors (Lipinski definition) is 0. The number of fused-ring (bicyclic) bond motifs is 1. The molecule has 0 unspecified atom stereocenters. The molecule has 6 nitrogen and oxygen atoms in total. The average Bonchev–Trinajstić information content (AvgIpc) is 3.04. The number of hydrogen-bond acceptors (Lipinski definition) is 6. The molecule has 0 atom stereocenters. The summed E-state index contributed by atoms with van der Waals surface area (Å²) in [7, 11) is 0. The first-order valence-corrected chi connectivity index (χ1v) is 7.59. The summed E-state index contributed by atoms with van der Waals surface area (Å²) < 4.78 is 7.40. The molecular weight excluding hydrogens is 274 g/mol. The zero-order chi connectivity index (χ0) is 14.3. The van der Waals surface area contributed by atoms with Crippen molar-refractivity contribution in [2.45, 2.75) is 32.2 Å². The Morgan fingerprint density at radius 2 is 2.05 bits per heavy atom. The quantitative estimate of drug-likeness (QED) is 0.545. The van der Waals surface area contributed by atoms with Crippen LogP contribution in [0.3, 0.4) is 0 Å². The van der Waals surface area contributed by atoms with Gasteiger partial charge in [0.15, 0.2) is 0 Å². The lowest BCUT2D eigenvalue weighted by atomic mass is 10.2. The number of aromatic nitrogens is 5. The van der Waals surface area contributed by atoms with Gasteiger partial charge in [-0.25, -0.2) is 9.97 Å². The van der Waals surface area contributed by atoms with E-state index in [9.17, 15) is 0 Å². The predicted molar refractivity (Wildman–Crippen MR) is 76.9 cm³/mol. The van der Waals surface area contributed by atoms with Crippen LogP contribution < -0.4 is 0 Å². The maximum Gasteiger partial charge on any atom is 0.267 e. The summed E-state index contributed by atoms with van der Waals surface area (Å²) in [6.45, 7) is 5.98. The third-order valence-corrected chi connectivity index (χ3v) is 3.96. The van der Waals surface area contributed by atoms with E-state index in [1.54, 1.807) is 18.7 Å². The van der Waals surface area contributed by atoms with E-state index < -0.39 is 0 Å². The molecule has 0 spiro atoms. The molecule has 0 fully saturated rings. The van der Waals surface area contributed by atoms with Crippen LogP contribution >= 0.6 is 11.8 Å². The topological polar surface area (TPSA) is 69.1 Å². The van der Waals surface area contributed by atoms with Crippen LogP contribution in [0.2, 0.25) is 0 Å². The van der Waals surface area contributed by atoms with Crippen LogP contribution in [0.4, 0.5) is 0 Å². The minimum atomic E-state index is 0.427. The highest BCUT2D eigenvalue weighted by Crippen LogP contribution is 2.25. The molecule has 104 valence electrons. The molecule has 3 aromatic rings. The van der Waals surface area contributed by atoms with Gasteiger partial charge in [0, 0.05) is 24.4 Å². The second kappa shape index (κ2) is 4.90. The summed E-state index contributed by atoms with van der Waals surface area (Å²) in [6, 6.07) is 0. The Labute approximate surface area is 120 Å². The molecule has 3 heterocycles. The molecule has 3 aromatic heterocycles. The summed E-state index contributed by atoms with van der Waals surface area (Å²) in [5.74, 6) is 1.62. The lowest BCUT2D eigenvalue weighted by Gasteiger charge is -2.09. The SMILES string of the molecule is CCc1c(SC)nc2nc(-c3nnc(C)o3)cn2c1C. The van der Waals surface area contributed by atoms with Gasteiger partial charge in [-0.1, -0.05) is 6.92 Å². The van der Waals surface area contributed by atoms with E-state index in [1.807, 2.05) is 16.9 Å². The molecule has 0 saturated heterocycles. The van der Waals surface area contributed by atoms with Crippen LogP contribution in [-0.2, 0) is 6.42 Å². The van der Waals surface area contributed by atoms with Crippen LogP contribution in [0.15, 0.2) is 15.6 Å². The van der Waals surface area contributed by atoms with Crippen LogP contribution in [0.5, 0.6) is 0 Å². The van der Waals surface area contributed by atoms with Crippen molar-refractivity contribution in [3.8, 4) is 11.6 Å². The first-order valence-electron chi connectivity index (χ1n) is 6.37. The molecule has 7 heteroatoms. The number of imidazole rings is 1. The fourth-order valence-electron chi connectivity index (χ4n) is 2.23. The fraction of sp³-hybridized carbons (Fsp3) is 0.385. The fourth-order valence-corrected chi connectivity index (χ4v) is 2.95. The Morgan fingerprint density at radius 3 is 2.65 bits per heavy atom. The van der Waals surface area contributed by atoms with E-state index in [0.717, 1.165) is 17.1 Å². The van der Waals surface area contributed by atoms with Gasteiger partial charge in [-0.15, -0.1) is 22.0 Å². The van der Waals surface area contributed by atoms with Crippen molar-refractivity contribution in [3.63, 3.8) is 0 Å². The molecular formula is C13H15N5OS. The van der Waals surface area contributed by atoms with Crippen molar-refractivity contribution in [1.82, 2.24) is 24.6 Å². The minimum absolute atomic E-state index is 0.427. The zero-order valence-corrected chi connectivity index (χ0v) is 12.7. The third kappa shape index (κ3) is 1.98. The van der Waals surface area contributed by atoms with Crippen LogP contribution in [0, 0.1) is 13.8 Å². The lowest BCUT2D eigenvalue weighted by Crippen LogP contribution is -2.02. The van der Waals surface area contributed by atoms with Gasteiger partial charge in [0.25, 0.3) is 5.89 Å². The highest BCUT2D eigenvalue weighted by molar-refractivity contribution is 7.98. The Balaban J connectivity index is 2.23. The highest BCUT2D eigenvalue weighted by atomic mass is 32.2. The molecule has 20 heavy (non-hydrogen) atoms. The van der Waals surface area contributed by atoms with E-state index in [1.165, 1.54) is 5.56 Å². The van der Waals surface area contributed by atoms with Gasteiger partial charge in [0.1, 0.15) is 10.7 Å². The molecule has 0 bridgehead atoms. The summed E-state index contributed by atoms with van der Waals surface area (Å²) >= 11 is 1.64. The summed E-state index contributed by atoms with van der Waals surface area (Å²) in [5.41, 5.74) is 3.05. The average molecular weight is 289 g/mol. The van der Waals surface area contributed by atoms with Crippen molar-refractivity contribution in [1.29, 1.82) is 0 Å². The largest absolute Gasteiger partial charge is 0.420 e. The molecule has 0 saturated carbocycles. The first kappa shape index (κ1) is 13.1. The van der Waals surface area contributed by atoms with Crippen LogP contribution in [0.25, 0.3) is 17.4 Å². The van der Waals surface area contributed by atoms with E-state index in [0.29, 0.717) is 23.3 Å². The normalized spacial score (nSPS) is 11.4. The summed E-state index contributed by atoms with van der Waals surface area (Å²) in [4.78, 5) is 9.09. The van der Waals surface area contributed by atoms with Crippen LogP contribution in [-0.4, -0.2) is 30.8 Å². The van der Waals surface area contributed by atoms with Crippen molar-refractivity contribution >= 4 is 17.5 Å². The summed E-state index contributed by atoms with van der Waals surface area (Å²) in [6.07, 6.45) is 4.87. The van der Waals surface area contributed by atoms with Gasteiger partial charge in [-0.3, -0.25) is 4.40 Å². The van der Waals surface area contributed by atoms with E-state index >= 15 is 0 Å². The molecule has 0 aliphatic heterocycles. The van der Waals surface area contributed by atoms with Crippen molar-refractivity contribution in [2.24, 2.45) is 0 Å². The Kier molecular flexibility index (Phi) is 3.21. The number of nitrogens with zero attached hydrogens (tertiary/aromatic N) is 5. The lowest BCUT2D eigenvalue weighted by molar-refractivity contribution is 0.531. The van der Waals surface area contributed by atoms with E-state index in [4.69, 9.17) is 4.42 Å². The van der Waals surface area contributed by atoms with Crippen LogP contribution in [0.1, 0.15) is 24.1 Å². The van der Waals surface area contributed by atoms with Crippen molar-refractivity contribution in [2.75, 3.05) is 6.26 Å². The maximum absolute atomic E-state index is 5.42. The highest BCUT2D eigenvalue weighted by Gasteiger charge is 2.16. The monoisotopic (exact) mass is 289 g/mol. The second-order valence-electron chi connectivity index (χ2n) is 4.46. The molecule has 0 aliphatic rings. The molecule has 0 amide bonds. The van der Waals surface area contributed by atoms with Gasteiger partial charge in [0.05, 0.1) is 0 Å². The Hall–Kier alpha value is -1.89. The molecule has 0 radical (unpaired) electrons. The van der Waals surface area contributed by atoms with Gasteiger partial charge < -0.3 is 4.42 Å².